The van der Waals surface area contributed by atoms with E-state index in [4.69, 9.17) is 0 Å². The molecular formula is C17H17N7OS2. The summed E-state index contributed by atoms with van der Waals surface area (Å²) in [6.45, 7) is 6.17. The quantitative estimate of drug-likeness (QED) is 0.506. The number of rotatable bonds is 4. The Kier molecular flexibility index (Phi) is 4.52. The SMILES string of the molecule is CC(C)(C)c1nnc(NC(=O)CSc2nnc3c(n2)[nH]c2ccccc23)s1. The van der Waals surface area contributed by atoms with Crippen molar-refractivity contribution in [3.8, 4) is 0 Å². The fourth-order valence-corrected chi connectivity index (χ4v) is 3.83. The smallest absolute Gasteiger partial charge is 0.236 e. The lowest BCUT2D eigenvalue weighted by molar-refractivity contribution is -0.113. The summed E-state index contributed by atoms with van der Waals surface area (Å²) in [4.78, 5) is 19.8. The molecule has 0 saturated carbocycles. The summed E-state index contributed by atoms with van der Waals surface area (Å²) in [5.41, 5.74) is 2.25. The van der Waals surface area contributed by atoms with Gasteiger partial charge in [0.1, 0.15) is 10.5 Å². The zero-order valence-corrected chi connectivity index (χ0v) is 16.6. The fourth-order valence-electron chi connectivity index (χ4n) is 2.43. The standard InChI is InChI=1S/C17H17N7OS2/c1-17(2,3)14-22-24-16(27-14)19-11(25)8-26-15-20-13-12(21-23-15)9-6-4-5-7-10(9)18-13/h4-7H,8H2,1-3H3,(H,18,20,23)(H,19,24,25). The van der Waals surface area contributed by atoms with Crippen LogP contribution in [0.15, 0.2) is 29.4 Å². The Bertz CT molecular complexity index is 1130. The molecule has 4 rings (SSSR count). The molecule has 0 spiro atoms. The van der Waals surface area contributed by atoms with E-state index < -0.39 is 0 Å². The average Bonchev–Trinajstić information content (AvgIpc) is 3.23. The Balaban J connectivity index is 1.42. The third-order valence-electron chi connectivity index (χ3n) is 3.75. The maximum atomic E-state index is 12.2. The first-order valence-electron chi connectivity index (χ1n) is 8.28. The van der Waals surface area contributed by atoms with Gasteiger partial charge in [0.05, 0.1) is 5.75 Å². The van der Waals surface area contributed by atoms with E-state index in [1.54, 1.807) is 0 Å². The first-order chi connectivity index (χ1) is 12.9. The third kappa shape index (κ3) is 3.76. The number of hydrogen-bond acceptors (Lipinski definition) is 8. The van der Waals surface area contributed by atoms with Crippen LogP contribution >= 0.6 is 23.1 Å². The van der Waals surface area contributed by atoms with Crippen molar-refractivity contribution in [2.75, 3.05) is 11.1 Å². The molecule has 3 aromatic heterocycles. The van der Waals surface area contributed by atoms with Gasteiger partial charge in [0.25, 0.3) is 0 Å². The summed E-state index contributed by atoms with van der Waals surface area (Å²) < 4.78 is 0. The number of nitrogens with one attached hydrogen (secondary N) is 2. The molecule has 0 aliphatic rings. The monoisotopic (exact) mass is 399 g/mol. The molecule has 3 heterocycles. The predicted octanol–water partition coefficient (Wildman–Crippen LogP) is 3.39. The van der Waals surface area contributed by atoms with E-state index in [2.05, 4.69) is 56.5 Å². The van der Waals surface area contributed by atoms with Gasteiger partial charge in [-0.2, -0.15) is 0 Å². The zero-order chi connectivity index (χ0) is 19.0. The molecule has 0 saturated heterocycles. The second-order valence-electron chi connectivity index (χ2n) is 6.96. The highest BCUT2D eigenvalue weighted by Gasteiger charge is 2.20. The topological polar surface area (TPSA) is 109 Å². The Morgan fingerprint density at radius 2 is 2.00 bits per heavy atom. The number of fused-ring (bicyclic) bond motifs is 3. The van der Waals surface area contributed by atoms with Crippen molar-refractivity contribution in [1.29, 1.82) is 0 Å². The minimum atomic E-state index is -0.183. The van der Waals surface area contributed by atoms with Crippen molar-refractivity contribution in [2.45, 2.75) is 31.3 Å². The number of H-pyrrole nitrogens is 1. The van der Waals surface area contributed by atoms with Crippen LogP contribution in [0.25, 0.3) is 22.1 Å². The van der Waals surface area contributed by atoms with Gasteiger partial charge in [0.15, 0.2) is 5.65 Å². The van der Waals surface area contributed by atoms with E-state index in [9.17, 15) is 4.79 Å². The van der Waals surface area contributed by atoms with Crippen LogP contribution in [0, 0.1) is 0 Å². The molecule has 8 nitrogen and oxygen atoms in total. The molecule has 27 heavy (non-hydrogen) atoms. The number of nitrogens with zero attached hydrogens (tertiary/aromatic N) is 5. The summed E-state index contributed by atoms with van der Waals surface area (Å²) in [6.07, 6.45) is 0. The van der Waals surface area contributed by atoms with E-state index in [-0.39, 0.29) is 17.1 Å². The van der Waals surface area contributed by atoms with Crippen LogP contribution in [0.2, 0.25) is 0 Å². The van der Waals surface area contributed by atoms with Crippen molar-refractivity contribution in [3.63, 3.8) is 0 Å². The summed E-state index contributed by atoms with van der Waals surface area (Å²) in [7, 11) is 0. The Labute approximate surface area is 163 Å². The summed E-state index contributed by atoms with van der Waals surface area (Å²) in [5.74, 6) is -0.0188. The molecule has 0 atom stereocenters. The Morgan fingerprint density at radius 3 is 2.78 bits per heavy atom. The third-order valence-corrected chi connectivity index (χ3v) is 5.85. The maximum Gasteiger partial charge on any atom is 0.236 e. The summed E-state index contributed by atoms with van der Waals surface area (Å²) >= 11 is 2.61. The van der Waals surface area contributed by atoms with Gasteiger partial charge in [-0.1, -0.05) is 62.1 Å². The Morgan fingerprint density at radius 1 is 1.19 bits per heavy atom. The highest BCUT2D eigenvalue weighted by Crippen LogP contribution is 2.28. The van der Waals surface area contributed by atoms with Gasteiger partial charge >= 0.3 is 0 Å². The number of carbonyl (C=O) groups is 1. The number of amides is 1. The van der Waals surface area contributed by atoms with Crippen LogP contribution in [0.4, 0.5) is 5.13 Å². The molecule has 1 amide bonds. The average molecular weight is 400 g/mol. The van der Waals surface area contributed by atoms with Gasteiger partial charge in [0, 0.05) is 16.3 Å². The summed E-state index contributed by atoms with van der Waals surface area (Å²) in [6, 6.07) is 7.83. The molecule has 0 bridgehead atoms. The number of hydrogen-bond donors (Lipinski definition) is 2. The molecule has 0 unspecified atom stereocenters. The maximum absolute atomic E-state index is 12.2. The normalized spacial score (nSPS) is 12.0. The number of aromatic amines is 1. The van der Waals surface area contributed by atoms with Crippen molar-refractivity contribution in [3.05, 3.63) is 29.3 Å². The summed E-state index contributed by atoms with van der Waals surface area (Å²) in [5, 5.41) is 22.1. The van der Waals surface area contributed by atoms with Crippen molar-refractivity contribution >= 4 is 56.2 Å². The number of anilines is 1. The van der Waals surface area contributed by atoms with Crippen LogP contribution < -0.4 is 5.32 Å². The van der Waals surface area contributed by atoms with Crippen molar-refractivity contribution in [1.82, 2.24) is 30.4 Å². The van der Waals surface area contributed by atoms with Crippen LogP contribution in [0.1, 0.15) is 25.8 Å². The number of thioether (sulfide) groups is 1. The lowest BCUT2D eigenvalue weighted by Gasteiger charge is -2.12. The van der Waals surface area contributed by atoms with Gasteiger partial charge in [0.2, 0.25) is 16.2 Å². The van der Waals surface area contributed by atoms with E-state index in [0.717, 1.165) is 21.4 Å². The van der Waals surface area contributed by atoms with E-state index in [1.807, 2.05) is 24.3 Å². The second-order valence-corrected chi connectivity index (χ2v) is 8.88. The highest BCUT2D eigenvalue weighted by molar-refractivity contribution is 7.99. The van der Waals surface area contributed by atoms with Crippen molar-refractivity contribution in [2.24, 2.45) is 0 Å². The lowest BCUT2D eigenvalue weighted by Crippen LogP contribution is -2.14. The van der Waals surface area contributed by atoms with E-state index in [1.165, 1.54) is 23.1 Å². The molecular weight excluding hydrogens is 382 g/mol. The van der Waals surface area contributed by atoms with Crippen LogP contribution in [-0.2, 0) is 10.2 Å². The molecule has 0 aliphatic heterocycles. The second kappa shape index (κ2) is 6.86. The molecule has 0 radical (unpaired) electrons. The van der Waals surface area contributed by atoms with Gasteiger partial charge in [-0.3, -0.25) is 10.1 Å². The molecule has 0 fully saturated rings. The molecule has 138 valence electrons. The van der Waals surface area contributed by atoms with Crippen molar-refractivity contribution < 1.29 is 4.79 Å². The number of para-hydroxylation sites is 1. The van der Waals surface area contributed by atoms with Gasteiger partial charge < -0.3 is 4.98 Å². The molecule has 10 heteroatoms. The van der Waals surface area contributed by atoms with Gasteiger partial charge in [-0.15, -0.1) is 20.4 Å². The van der Waals surface area contributed by atoms with Crippen LogP contribution in [0.5, 0.6) is 0 Å². The largest absolute Gasteiger partial charge is 0.338 e. The number of aromatic nitrogens is 6. The zero-order valence-electron chi connectivity index (χ0n) is 15.0. The molecule has 0 aliphatic carbocycles. The molecule has 4 aromatic rings. The minimum absolute atomic E-state index is 0.0934. The van der Waals surface area contributed by atoms with Crippen LogP contribution in [-0.4, -0.2) is 42.0 Å². The minimum Gasteiger partial charge on any atom is -0.338 e. The first kappa shape index (κ1) is 17.8. The first-order valence-corrected chi connectivity index (χ1v) is 10.1. The predicted molar refractivity (Wildman–Crippen MR) is 107 cm³/mol. The van der Waals surface area contributed by atoms with Gasteiger partial charge in [-0.25, -0.2) is 4.98 Å². The fraction of sp³-hybridized carbons (Fsp3) is 0.294. The van der Waals surface area contributed by atoms with Crippen LogP contribution in [0.3, 0.4) is 0 Å². The number of benzene rings is 1. The Hall–Kier alpha value is -2.59. The van der Waals surface area contributed by atoms with E-state index >= 15 is 0 Å². The van der Waals surface area contributed by atoms with E-state index in [0.29, 0.717) is 15.9 Å². The molecule has 1 aromatic carbocycles. The number of carbonyl (C=O) groups excluding carboxylic acids is 1. The molecule has 2 N–H and O–H groups in total. The van der Waals surface area contributed by atoms with Gasteiger partial charge in [-0.05, 0) is 6.07 Å². The highest BCUT2D eigenvalue weighted by atomic mass is 32.2. The lowest BCUT2D eigenvalue weighted by atomic mass is 9.98.